The molecular weight excluding hydrogens is 276 g/mol. The fraction of sp³-hybridized carbons (Fsp3) is 0.286. The first-order valence-electron chi connectivity index (χ1n) is 5.99. The van der Waals surface area contributed by atoms with Crippen molar-refractivity contribution in [3.05, 3.63) is 40.9 Å². The van der Waals surface area contributed by atoms with E-state index in [4.69, 9.17) is 0 Å². The van der Waals surface area contributed by atoms with Crippen molar-refractivity contribution in [2.75, 3.05) is 31.1 Å². The second-order valence-electron chi connectivity index (χ2n) is 4.35. The quantitative estimate of drug-likeness (QED) is 0.869. The van der Waals surface area contributed by atoms with E-state index < -0.39 is 0 Å². The van der Waals surface area contributed by atoms with E-state index in [9.17, 15) is 0 Å². The second-order valence-corrected chi connectivity index (χ2v) is 5.21. The molecule has 0 bridgehead atoms. The lowest BCUT2D eigenvalue weighted by atomic mass is 10.1. The predicted molar refractivity (Wildman–Crippen MR) is 76.7 cm³/mol. The van der Waals surface area contributed by atoms with Gasteiger partial charge in [-0.2, -0.15) is 0 Å². The third-order valence-electron chi connectivity index (χ3n) is 3.29. The smallest absolute Gasteiger partial charge is 0.0458 e. The molecule has 3 heteroatoms. The van der Waals surface area contributed by atoms with Crippen molar-refractivity contribution in [3.8, 4) is 0 Å². The summed E-state index contributed by atoms with van der Waals surface area (Å²) < 4.78 is 1.18. The lowest BCUT2D eigenvalue weighted by Gasteiger charge is -2.30. The van der Waals surface area contributed by atoms with E-state index in [0.29, 0.717) is 0 Å². The summed E-state index contributed by atoms with van der Waals surface area (Å²) in [7, 11) is 0. The van der Waals surface area contributed by atoms with Crippen LogP contribution in [-0.2, 0) is 0 Å². The second kappa shape index (κ2) is 4.67. The highest BCUT2D eigenvalue weighted by Gasteiger charge is 2.14. The highest BCUT2D eigenvalue weighted by molar-refractivity contribution is 9.10. The maximum absolute atomic E-state index is 3.67. The van der Waals surface area contributed by atoms with Crippen molar-refractivity contribution in [2.24, 2.45) is 0 Å². The highest BCUT2D eigenvalue weighted by Crippen LogP contribution is 2.33. The van der Waals surface area contributed by atoms with Gasteiger partial charge >= 0.3 is 0 Å². The van der Waals surface area contributed by atoms with Crippen molar-refractivity contribution in [3.63, 3.8) is 0 Å². The van der Waals surface area contributed by atoms with Gasteiger partial charge in [-0.1, -0.05) is 40.2 Å². The molecule has 0 unspecified atom stereocenters. The van der Waals surface area contributed by atoms with Gasteiger partial charge in [-0.15, -0.1) is 0 Å². The molecule has 0 saturated carbocycles. The van der Waals surface area contributed by atoms with Crippen LogP contribution in [0, 0.1) is 0 Å². The Kier molecular flexibility index (Phi) is 3.04. The summed E-state index contributed by atoms with van der Waals surface area (Å²) >= 11 is 3.67. The zero-order valence-electron chi connectivity index (χ0n) is 9.62. The minimum absolute atomic E-state index is 1.07. The Morgan fingerprint density at radius 3 is 2.47 bits per heavy atom. The van der Waals surface area contributed by atoms with Gasteiger partial charge in [0.25, 0.3) is 0 Å². The first-order valence-corrected chi connectivity index (χ1v) is 6.78. The van der Waals surface area contributed by atoms with Crippen molar-refractivity contribution < 1.29 is 0 Å². The van der Waals surface area contributed by atoms with E-state index in [2.05, 4.69) is 62.5 Å². The molecule has 0 atom stereocenters. The Morgan fingerprint density at radius 1 is 1.00 bits per heavy atom. The molecule has 1 heterocycles. The van der Waals surface area contributed by atoms with E-state index in [1.165, 1.54) is 20.9 Å². The molecule has 1 saturated heterocycles. The lowest BCUT2D eigenvalue weighted by Crippen LogP contribution is -2.43. The number of hydrogen-bond donors (Lipinski definition) is 1. The van der Waals surface area contributed by atoms with Gasteiger partial charge in [0.15, 0.2) is 0 Å². The molecular formula is C14H15BrN2. The van der Waals surface area contributed by atoms with Crippen LogP contribution in [0.25, 0.3) is 10.8 Å². The summed E-state index contributed by atoms with van der Waals surface area (Å²) in [5.74, 6) is 0. The Labute approximate surface area is 110 Å². The first-order chi connectivity index (χ1) is 8.36. The lowest BCUT2D eigenvalue weighted by molar-refractivity contribution is 0.590. The minimum atomic E-state index is 1.07. The molecule has 0 radical (unpaired) electrons. The fourth-order valence-corrected chi connectivity index (χ4v) is 3.03. The van der Waals surface area contributed by atoms with Gasteiger partial charge in [-0.3, -0.25) is 0 Å². The van der Waals surface area contributed by atoms with Gasteiger partial charge in [-0.25, -0.2) is 0 Å². The molecule has 0 aromatic heterocycles. The zero-order chi connectivity index (χ0) is 11.7. The Hall–Kier alpha value is -1.06. The summed E-state index contributed by atoms with van der Waals surface area (Å²) in [5.41, 5.74) is 1.34. The molecule has 1 aliphatic heterocycles. The molecule has 0 spiro atoms. The molecule has 17 heavy (non-hydrogen) atoms. The number of nitrogens with zero attached hydrogens (tertiary/aromatic N) is 1. The molecule has 1 N–H and O–H groups in total. The molecule has 1 fully saturated rings. The van der Waals surface area contributed by atoms with Crippen LogP contribution in [0.1, 0.15) is 0 Å². The van der Waals surface area contributed by atoms with Crippen molar-refractivity contribution in [1.29, 1.82) is 0 Å². The molecule has 3 rings (SSSR count). The van der Waals surface area contributed by atoms with Gasteiger partial charge in [0.2, 0.25) is 0 Å². The van der Waals surface area contributed by atoms with Gasteiger partial charge < -0.3 is 10.2 Å². The average molecular weight is 291 g/mol. The minimum Gasteiger partial charge on any atom is -0.368 e. The first kappa shape index (κ1) is 11.1. The molecule has 2 aromatic carbocycles. The number of nitrogens with one attached hydrogen (secondary N) is 1. The number of piperazine rings is 1. The van der Waals surface area contributed by atoms with E-state index in [0.717, 1.165) is 26.2 Å². The van der Waals surface area contributed by atoms with Crippen LogP contribution in [0.3, 0.4) is 0 Å². The maximum atomic E-state index is 3.67. The number of fused-ring (bicyclic) bond motifs is 1. The fourth-order valence-electron chi connectivity index (χ4n) is 2.45. The number of rotatable bonds is 1. The summed E-state index contributed by atoms with van der Waals surface area (Å²) in [6, 6.07) is 12.9. The number of anilines is 1. The van der Waals surface area contributed by atoms with Crippen LogP contribution in [0.5, 0.6) is 0 Å². The largest absolute Gasteiger partial charge is 0.368 e. The van der Waals surface area contributed by atoms with E-state index in [1.54, 1.807) is 0 Å². The van der Waals surface area contributed by atoms with Crippen LogP contribution < -0.4 is 10.2 Å². The molecule has 88 valence electrons. The van der Waals surface area contributed by atoms with Crippen LogP contribution in [-0.4, -0.2) is 26.2 Å². The van der Waals surface area contributed by atoms with Crippen LogP contribution in [0.2, 0.25) is 0 Å². The highest BCUT2D eigenvalue weighted by atomic mass is 79.9. The summed E-state index contributed by atoms with van der Waals surface area (Å²) in [5, 5.41) is 6.03. The zero-order valence-corrected chi connectivity index (χ0v) is 11.2. The molecule has 2 aromatic rings. The normalized spacial score (nSPS) is 16.4. The number of halogens is 1. The van der Waals surface area contributed by atoms with E-state index >= 15 is 0 Å². The van der Waals surface area contributed by atoms with Gasteiger partial charge in [-0.05, 0) is 17.5 Å². The third kappa shape index (κ3) is 2.05. The summed E-state index contributed by atoms with van der Waals surface area (Å²) in [6.45, 7) is 4.31. The van der Waals surface area contributed by atoms with Gasteiger partial charge in [0.1, 0.15) is 0 Å². The van der Waals surface area contributed by atoms with E-state index in [-0.39, 0.29) is 0 Å². The summed E-state index contributed by atoms with van der Waals surface area (Å²) in [4.78, 5) is 2.46. The van der Waals surface area contributed by atoms with Crippen molar-refractivity contribution >= 4 is 32.4 Å². The van der Waals surface area contributed by atoms with Crippen molar-refractivity contribution in [2.45, 2.75) is 0 Å². The van der Waals surface area contributed by atoms with Gasteiger partial charge in [0, 0.05) is 41.7 Å². The molecule has 2 nitrogen and oxygen atoms in total. The third-order valence-corrected chi connectivity index (χ3v) is 3.95. The summed E-state index contributed by atoms with van der Waals surface area (Å²) in [6.07, 6.45) is 0. The molecule has 0 amide bonds. The van der Waals surface area contributed by atoms with Gasteiger partial charge in [0.05, 0.1) is 0 Å². The monoisotopic (exact) mass is 290 g/mol. The van der Waals surface area contributed by atoms with Crippen LogP contribution in [0.4, 0.5) is 5.69 Å². The average Bonchev–Trinajstić information content (AvgIpc) is 2.39. The molecule has 1 aliphatic rings. The van der Waals surface area contributed by atoms with Crippen LogP contribution in [0.15, 0.2) is 40.9 Å². The Bertz CT molecular complexity index is 527. The maximum Gasteiger partial charge on any atom is 0.0458 e. The Morgan fingerprint density at radius 2 is 1.71 bits per heavy atom. The predicted octanol–water partition coefficient (Wildman–Crippen LogP) is 3.01. The standard InChI is InChI=1S/C14H15BrN2/c15-12-5-1-3-11-4-2-6-13(14(11)12)17-9-7-16-8-10-17/h1-6,16H,7-10H2. The van der Waals surface area contributed by atoms with E-state index in [1.807, 2.05) is 0 Å². The Balaban J connectivity index is 2.14. The van der Waals surface area contributed by atoms with Crippen molar-refractivity contribution in [1.82, 2.24) is 5.32 Å². The number of benzene rings is 2. The molecule has 0 aliphatic carbocycles. The topological polar surface area (TPSA) is 15.3 Å². The number of hydrogen-bond acceptors (Lipinski definition) is 2. The SMILES string of the molecule is Brc1cccc2cccc(N3CCNCC3)c12. The van der Waals surface area contributed by atoms with Crippen LogP contribution >= 0.6 is 15.9 Å².